The lowest BCUT2D eigenvalue weighted by atomic mass is 9.87. The molecule has 3 rings (SSSR count). The summed E-state index contributed by atoms with van der Waals surface area (Å²) in [5.41, 5.74) is 7.89. The van der Waals surface area contributed by atoms with Crippen LogP contribution in [0.5, 0.6) is 0 Å². The topological polar surface area (TPSA) is 56.0 Å². The van der Waals surface area contributed by atoms with E-state index >= 15 is 0 Å². The van der Waals surface area contributed by atoms with Crippen molar-refractivity contribution in [3.8, 4) is 0 Å². The van der Waals surface area contributed by atoms with Crippen molar-refractivity contribution in [3.63, 3.8) is 0 Å². The van der Waals surface area contributed by atoms with Crippen molar-refractivity contribution in [1.82, 2.24) is 4.98 Å². The highest BCUT2D eigenvalue weighted by atomic mass is 16.1. The molecular weight excluding hydrogens is 248 g/mol. The number of hydrogen-bond acceptors (Lipinski definition) is 3. The fraction of sp³-hybridized carbons (Fsp3) is 0.412. The zero-order chi connectivity index (χ0) is 13.9. The van der Waals surface area contributed by atoms with Gasteiger partial charge >= 0.3 is 0 Å². The van der Waals surface area contributed by atoms with Crippen molar-refractivity contribution in [2.45, 2.75) is 38.1 Å². The van der Waals surface area contributed by atoms with Crippen LogP contribution in [0.2, 0.25) is 0 Å². The van der Waals surface area contributed by atoms with E-state index in [1.54, 1.807) is 6.20 Å². The first kappa shape index (κ1) is 13.3. The fourth-order valence-electron chi connectivity index (χ4n) is 3.10. The van der Waals surface area contributed by atoms with Gasteiger partial charge in [0.25, 0.3) is 0 Å². The molecule has 1 aliphatic carbocycles. The van der Waals surface area contributed by atoms with Crippen LogP contribution in [0, 0.1) is 5.92 Å². The van der Waals surface area contributed by atoms with Crippen LogP contribution >= 0.6 is 0 Å². The minimum atomic E-state index is -0.0216. The standard InChI is InChI=1S/C17H20N2O/c18-15-7-3-1-2-6-14(15)17(20)13-8-9-16-12(11-13)5-4-10-19-16/h4-5,8-11,14-15H,1-3,6-7,18H2. The first-order chi connectivity index (χ1) is 9.75. The lowest BCUT2D eigenvalue weighted by molar-refractivity contribution is 0.0895. The quantitative estimate of drug-likeness (QED) is 0.671. The van der Waals surface area contributed by atoms with Crippen LogP contribution in [-0.2, 0) is 0 Å². The molecule has 1 saturated carbocycles. The van der Waals surface area contributed by atoms with Crippen LogP contribution in [0.3, 0.4) is 0 Å². The van der Waals surface area contributed by atoms with Crippen LogP contribution in [0.4, 0.5) is 0 Å². The predicted molar refractivity (Wildman–Crippen MR) is 80.6 cm³/mol. The molecule has 2 unspecified atom stereocenters. The van der Waals surface area contributed by atoms with Crippen LogP contribution in [-0.4, -0.2) is 16.8 Å². The number of Topliss-reactive ketones (excluding diaryl/α,β-unsaturated/α-hetero) is 1. The third kappa shape index (κ3) is 2.59. The molecule has 2 atom stereocenters. The highest BCUT2D eigenvalue weighted by molar-refractivity contribution is 6.01. The normalized spacial score (nSPS) is 23.4. The van der Waals surface area contributed by atoms with E-state index in [1.165, 1.54) is 6.42 Å². The van der Waals surface area contributed by atoms with Gasteiger partial charge in [0.1, 0.15) is 0 Å². The highest BCUT2D eigenvalue weighted by Gasteiger charge is 2.27. The molecule has 1 aromatic heterocycles. The number of pyridine rings is 1. The van der Waals surface area contributed by atoms with Crippen molar-refractivity contribution in [3.05, 3.63) is 42.1 Å². The number of aromatic nitrogens is 1. The Kier molecular flexibility index (Phi) is 3.79. The molecule has 0 bridgehead atoms. The fourth-order valence-corrected chi connectivity index (χ4v) is 3.10. The number of fused-ring (bicyclic) bond motifs is 1. The van der Waals surface area contributed by atoms with Gasteiger partial charge in [0.05, 0.1) is 5.52 Å². The summed E-state index contributed by atoms with van der Waals surface area (Å²) in [5.74, 6) is 0.178. The molecule has 1 heterocycles. The molecule has 0 radical (unpaired) electrons. The summed E-state index contributed by atoms with van der Waals surface area (Å²) in [7, 11) is 0. The largest absolute Gasteiger partial charge is 0.327 e. The molecule has 20 heavy (non-hydrogen) atoms. The SMILES string of the molecule is NC1CCCCCC1C(=O)c1ccc2ncccc2c1. The van der Waals surface area contributed by atoms with Crippen LogP contribution in [0.15, 0.2) is 36.5 Å². The Morgan fingerprint density at radius 2 is 2.00 bits per heavy atom. The maximum absolute atomic E-state index is 12.7. The second-order valence-electron chi connectivity index (χ2n) is 5.68. The minimum absolute atomic E-state index is 0.00888. The molecule has 0 saturated heterocycles. The highest BCUT2D eigenvalue weighted by Crippen LogP contribution is 2.26. The second kappa shape index (κ2) is 5.71. The molecular formula is C17H20N2O. The number of carbonyl (C=O) groups excluding carboxylic acids is 1. The zero-order valence-corrected chi connectivity index (χ0v) is 11.6. The van der Waals surface area contributed by atoms with Gasteiger partial charge in [-0.3, -0.25) is 9.78 Å². The Morgan fingerprint density at radius 1 is 1.15 bits per heavy atom. The van der Waals surface area contributed by atoms with E-state index in [0.717, 1.165) is 42.1 Å². The van der Waals surface area contributed by atoms with Gasteiger partial charge in [-0.05, 0) is 37.1 Å². The molecule has 3 nitrogen and oxygen atoms in total. The van der Waals surface area contributed by atoms with Crippen LogP contribution in [0.1, 0.15) is 42.5 Å². The Morgan fingerprint density at radius 3 is 2.90 bits per heavy atom. The van der Waals surface area contributed by atoms with E-state index < -0.39 is 0 Å². The number of ketones is 1. The van der Waals surface area contributed by atoms with Gasteiger partial charge in [-0.2, -0.15) is 0 Å². The molecule has 104 valence electrons. The molecule has 1 aliphatic rings. The summed E-state index contributed by atoms with van der Waals surface area (Å²) in [6, 6.07) is 9.65. The van der Waals surface area contributed by atoms with E-state index in [2.05, 4.69) is 4.98 Å². The van der Waals surface area contributed by atoms with Crippen molar-refractivity contribution in [2.24, 2.45) is 11.7 Å². The smallest absolute Gasteiger partial charge is 0.167 e. The monoisotopic (exact) mass is 268 g/mol. The Balaban J connectivity index is 1.91. The Labute approximate surface area is 119 Å². The number of carbonyl (C=O) groups is 1. The molecule has 2 N–H and O–H groups in total. The maximum atomic E-state index is 12.7. The van der Waals surface area contributed by atoms with E-state index in [4.69, 9.17) is 5.73 Å². The Hall–Kier alpha value is -1.74. The molecule has 2 aromatic rings. The molecule has 1 fully saturated rings. The van der Waals surface area contributed by atoms with Crippen molar-refractivity contribution >= 4 is 16.7 Å². The summed E-state index contributed by atoms with van der Waals surface area (Å²) in [6.45, 7) is 0. The maximum Gasteiger partial charge on any atom is 0.167 e. The van der Waals surface area contributed by atoms with Crippen molar-refractivity contribution < 1.29 is 4.79 Å². The summed E-state index contributed by atoms with van der Waals surface area (Å²) < 4.78 is 0. The molecule has 0 aliphatic heterocycles. The second-order valence-corrected chi connectivity index (χ2v) is 5.68. The number of nitrogens with zero attached hydrogens (tertiary/aromatic N) is 1. The third-order valence-electron chi connectivity index (χ3n) is 4.29. The van der Waals surface area contributed by atoms with Gasteiger partial charge < -0.3 is 5.73 Å². The van der Waals surface area contributed by atoms with Crippen molar-refractivity contribution in [1.29, 1.82) is 0 Å². The predicted octanol–water partition coefficient (Wildman–Crippen LogP) is 3.33. The van der Waals surface area contributed by atoms with Gasteiger partial charge in [-0.15, -0.1) is 0 Å². The van der Waals surface area contributed by atoms with Gasteiger partial charge in [-0.1, -0.05) is 25.3 Å². The van der Waals surface area contributed by atoms with E-state index in [-0.39, 0.29) is 17.7 Å². The van der Waals surface area contributed by atoms with Crippen LogP contribution < -0.4 is 5.73 Å². The van der Waals surface area contributed by atoms with Gasteiger partial charge in [0, 0.05) is 29.1 Å². The first-order valence-corrected chi connectivity index (χ1v) is 7.40. The number of nitrogens with two attached hydrogens (primary N) is 1. The number of rotatable bonds is 2. The van der Waals surface area contributed by atoms with E-state index in [0.29, 0.717) is 0 Å². The third-order valence-corrected chi connectivity index (χ3v) is 4.29. The first-order valence-electron chi connectivity index (χ1n) is 7.40. The Bertz CT molecular complexity index is 623. The van der Waals surface area contributed by atoms with E-state index in [9.17, 15) is 4.79 Å². The minimum Gasteiger partial charge on any atom is -0.327 e. The lowest BCUT2D eigenvalue weighted by Crippen LogP contribution is -2.34. The van der Waals surface area contributed by atoms with Gasteiger partial charge in [0.2, 0.25) is 0 Å². The van der Waals surface area contributed by atoms with Crippen LogP contribution in [0.25, 0.3) is 10.9 Å². The van der Waals surface area contributed by atoms with Crippen molar-refractivity contribution in [2.75, 3.05) is 0 Å². The number of benzene rings is 1. The molecule has 0 amide bonds. The molecule has 1 aromatic carbocycles. The summed E-state index contributed by atoms with van der Waals surface area (Å²) in [6.07, 6.45) is 7.10. The summed E-state index contributed by atoms with van der Waals surface area (Å²) in [5, 5.41) is 1.01. The summed E-state index contributed by atoms with van der Waals surface area (Å²) in [4.78, 5) is 17.0. The van der Waals surface area contributed by atoms with Gasteiger partial charge in [0.15, 0.2) is 5.78 Å². The average molecular weight is 268 g/mol. The van der Waals surface area contributed by atoms with Gasteiger partial charge in [-0.25, -0.2) is 0 Å². The molecule has 3 heteroatoms. The molecule has 0 spiro atoms. The number of hydrogen-bond donors (Lipinski definition) is 1. The lowest BCUT2D eigenvalue weighted by Gasteiger charge is -2.20. The average Bonchev–Trinajstić information content (AvgIpc) is 2.70. The van der Waals surface area contributed by atoms with E-state index in [1.807, 2.05) is 30.3 Å². The zero-order valence-electron chi connectivity index (χ0n) is 11.6. The summed E-state index contributed by atoms with van der Waals surface area (Å²) >= 11 is 0.